The van der Waals surface area contributed by atoms with Crippen molar-refractivity contribution in [1.82, 2.24) is 0 Å². The smallest absolute Gasteiger partial charge is 0.349 e. The molecule has 1 aromatic heterocycles. The van der Waals surface area contributed by atoms with E-state index in [4.69, 9.17) is 4.74 Å². The molecule has 0 fully saturated rings. The monoisotopic (exact) mass is 353 g/mol. The quantitative estimate of drug-likeness (QED) is 0.833. The van der Waals surface area contributed by atoms with Crippen molar-refractivity contribution >= 4 is 38.7 Å². The van der Waals surface area contributed by atoms with Crippen molar-refractivity contribution in [1.29, 1.82) is 0 Å². The van der Waals surface area contributed by atoms with E-state index < -0.39 is 28.3 Å². The Balaban J connectivity index is 2.01. The largest absolute Gasteiger partial charge is 0.451 e. The summed E-state index contributed by atoms with van der Waals surface area (Å²) < 4.78 is 28.3. The minimum absolute atomic E-state index is 0.00813. The van der Waals surface area contributed by atoms with Crippen molar-refractivity contribution < 1.29 is 22.7 Å². The molecule has 6 nitrogen and oxygen atoms in total. The van der Waals surface area contributed by atoms with Gasteiger partial charge in [-0.05, 0) is 36.1 Å². The Hall–Kier alpha value is -2.19. The van der Waals surface area contributed by atoms with E-state index in [-0.39, 0.29) is 10.6 Å². The van der Waals surface area contributed by atoms with Crippen molar-refractivity contribution in [2.45, 2.75) is 11.8 Å². The first-order chi connectivity index (χ1) is 10.8. The zero-order chi connectivity index (χ0) is 17.0. The van der Waals surface area contributed by atoms with Crippen LogP contribution in [-0.4, -0.2) is 33.2 Å². The average molecular weight is 353 g/mol. The molecule has 0 radical (unpaired) electrons. The van der Waals surface area contributed by atoms with Crippen LogP contribution in [0.1, 0.15) is 15.2 Å². The molecule has 0 aliphatic rings. The highest BCUT2D eigenvalue weighted by molar-refractivity contribution is 7.90. The summed E-state index contributed by atoms with van der Waals surface area (Å²) in [6, 6.07) is 7.81. The van der Waals surface area contributed by atoms with Gasteiger partial charge in [-0.3, -0.25) is 4.79 Å². The van der Waals surface area contributed by atoms with Crippen molar-refractivity contribution in [2.24, 2.45) is 0 Å². The van der Waals surface area contributed by atoms with Crippen LogP contribution in [0.25, 0.3) is 0 Å². The molecule has 1 aromatic carbocycles. The number of amides is 1. The SMILES string of the molecule is Cc1ccsc1C(=O)OCC(=O)Nc1ccccc1S(C)(=O)=O. The lowest BCUT2D eigenvalue weighted by molar-refractivity contribution is -0.119. The number of para-hydroxylation sites is 1. The Morgan fingerprint density at radius 2 is 1.91 bits per heavy atom. The molecule has 0 spiro atoms. The lowest BCUT2D eigenvalue weighted by Gasteiger charge is -2.10. The lowest BCUT2D eigenvalue weighted by atomic mass is 10.3. The van der Waals surface area contributed by atoms with Crippen molar-refractivity contribution in [3.05, 3.63) is 46.2 Å². The van der Waals surface area contributed by atoms with Gasteiger partial charge in [0.2, 0.25) is 0 Å². The van der Waals surface area contributed by atoms with E-state index in [1.165, 1.54) is 23.5 Å². The van der Waals surface area contributed by atoms with Crippen LogP contribution in [0.5, 0.6) is 0 Å². The number of sulfone groups is 1. The number of esters is 1. The van der Waals surface area contributed by atoms with Gasteiger partial charge in [-0.1, -0.05) is 12.1 Å². The second kappa shape index (κ2) is 6.93. The number of carbonyl (C=O) groups excluding carboxylic acids is 2. The fourth-order valence-corrected chi connectivity index (χ4v) is 3.52. The maximum atomic E-state index is 11.9. The molecule has 2 rings (SSSR count). The molecule has 122 valence electrons. The standard InChI is InChI=1S/C15H15NO5S2/c1-10-7-8-22-14(10)15(18)21-9-13(17)16-11-5-3-4-6-12(11)23(2,19)20/h3-8H,9H2,1-2H3,(H,16,17). The van der Waals surface area contributed by atoms with Crippen LogP contribution < -0.4 is 5.32 Å². The van der Waals surface area contributed by atoms with Gasteiger partial charge in [0.25, 0.3) is 5.91 Å². The van der Waals surface area contributed by atoms with Gasteiger partial charge in [-0.25, -0.2) is 13.2 Å². The molecule has 0 saturated heterocycles. The Bertz CT molecular complexity index is 839. The van der Waals surface area contributed by atoms with Crippen LogP contribution in [0.15, 0.2) is 40.6 Å². The lowest BCUT2D eigenvalue weighted by Crippen LogP contribution is -2.21. The number of aryl methyl sites for hydroxylation is 1. The minimum Gasteiger partial charge on any atom is -0.451 e. The third-order valence-corrected chi connectivity index (χ3v) is 5.09. The highest BCUT2D eigenvalue weighted by Crippen LogP contribution is 2.20. The Kier molecular flexibility index (Phi) is 5.17. The number of thiophene rings is 1. The fraction of sp³-hybridized carbons (Fsp3) is 0.200. The summed E-state index contributed by atoms with van der Waals surface area (Å²) in [6.07, 6.45) is 1.05. The third kappa shape index (κ3) is 4.40. The highest BCUT2D eigenvalue weighted by Gasteiger charge is 2.17. The summed E-state index contributed by atoms with van der Waals surface area (Å²) in [5.74, 6) is -1.19. The van der Waals surface area contributed by atoms with Crippen LogP contribution >= 0.6 is 11.3 Å². The molecule has 8 heteroatoms. The number of hydrogen-bond donors (Lipinski definition) is 1. The van der Waals surface area contributed by atoms with Gasteiger partial charge in [0.15, 0.2) is 16.4 Å². The summed E-state index contributed by atoms with van der Waals surface area (Å²) in [6.45, 7) is 1.28. The molecule has 0 aliphatic carbocycles. The molecule has 0 atom stereocenters. The Labute approximate surface area is 138 Å². The van der Waals surface area contributed by atoms with E-state index in [1.54, 1.807) is 30.5 Å². The maximum absolute atomic E-state index is 11.9. The predicted molar refractivity (Wildman–Crippen MR) is 87.5 cm³/mol. The van der Waals surface area contributed by atoms with Crippen LogP contribution in [0, 0.1) is 6.92 Å². The van der Waals surface area contributed by atoms with Crippen LogP contribution in [-0.2, 0) is 19.4 Å². The van der Waals surface area contributed by atoms with Gasteiger partial charge in [0, 0.05) is 6.26 Å². The second-order valence-corrected chi connectivity index (χ2v) is 7.73. The first-order valence-electron chi connectivity index (χ1n) is 6.59. The fourth-order valence-electron chi connectivity index (χ4n) is 1.86. The van der Waals surface area contributed by atoms with E-state index in [0.717, 1.165) is 11.8 Å². The number of hydrogen-bond acceptors (Lipinski definition) is 6. The van der Waals surface area contributed by atoms with Crippen molar-refractivity contribution in [3.8, 4) is 0 Å². The average Bonchev–Trinajstić information content (AvgIpc) is 2.90. The maximum Gasteiger partial charge on any atom is 0.349 e. The number of ether oxygens (including phenoxy) is 1. The van der Waals surface area contributed by atoms with Gasteiger partial charge < -0.3 is 10.1 Å². The number of rotatable bonds is 5. The van der Waals surface area contributed by atoms with E-state index >= 15 is 0 Å². The van der Waals surface area contributed by atoms with Gasteiger partial charge >= 0.3 is 5.97 Å². The summed E-state index contributed by atoms with van der Waals surface area (Å²) >= 11 is 1.23. The normalized spacial score (nSPS) is 11.0. The van der Waals surface area contributed by atoms with E-state index in [9.17, 15) is 18.0 Å². The van der Waals surface area contributed by atoms with Crippen LogP contribution in [0.2, 0.25) is 0 Å². The number of nitrogens with one attached hydrogen (secondary N) is 1. The number of carbonyl (C=O) groups is 2. The molecule has 23 heavy (non-hydrogen) atoms. The number of anilines is 1. The van der Waals surface area contributed by atoms with E-state index in [0.29, 0.717) is 4.88 Å². The Morgan fingerprint density at radius 3 is 2.52 bits per heavy atom. The molecule has 1 amide bonds. The molecular weight excluding hydrogens is 338 g/mol. The summed E-state index contributed by atoms with van der Waals surface area (Å²) in [4.78, 5) is 24.1. The van der Waals surface area contributed by atoms with Gasteiger partial charge in [-0.15, -0.1) is 11.3 Å². The zero-order valence-electron chi connectivity index (χ0n) is 12.5. The van der Waals surface area contributed by atoms with Crippen LogP contribution in [0.4, 0.5) is 5.69 Å². The Morgan fingerprint density at radius 1 is 1.22 bits per heavy atom. The first-order valence-corrected chi connectivity index (χ1v) is 9.36. The molecule has 2 aromatic rings. The van der Waals surface area contributed by atoms with E-state index in [1.807, 2.05) is 0 Å². The molecule has 0 unspecified atom stereocenters. The number of benzene rings is 1. The first kappa shape index (κ1) is 17.2. The highest BCUT2D eigenvalue weighted by atomic mass is 32.2. The molecular formula is C15H15NO5S2. The predicted octanol–water partition coefficient (Wildman–Crippen LogP) is 2.26. The molecule has 0 aliphatic heterocycles. The molecule has 1 heterocycles. The van der Waals surface area contributed by atoms with Crippen molar-refractivity contribution in [3.63, 3.8) is 0 Å². The van der Waals surface area contributed by atoms with Gasteiger partial charge in [-0.2, -0.15) is 0 Å². The molecule has 1 N–H and O–H groups in total. The topological polar surface area (TPSA) is 89.5 Å². The summed E-state index contributed by atoms with van der Waals surface area (Å²) in [5.41, 5.74) is 0.936. The summed E-state index contributed by atoms with van der Waals surface area (Å²) in [7, 11) is -3.47. The van der Waals surface area contributed by atoms with E-state index in [2.05, 4.69) is 5.32 Å². The van der Waals surface area contributed by atoms with Gasteiger partial charge in [0.05, 0.1) is 10.6 Å². The third-order valence-electron chi connectivity index (χ3n) is 2.94. The molecule has 0 saturated carbocycles. The minimum atomic E-state index is -3.47. The molecule has 0 bridgehead atoms. The zero-order valence-corrected chi connectivity index (χ0v) is 14.2. The van der Waals surface area contributed by atoms with Gasteiger partial charge in [0.1, 0.15) is 4.88 Å². The van der Waals surface area contributed by atoms with Crippen molar-refractivity contribution in [2.75, 3.05) is 18.2 Å². The van der Waals surface area contributed by atoms with Crippen LogP contribution in [0.3, 0.4) is 0 Å². The second-order valence-electron chi connectivity index (χ2n) is 4.83. The summed E-state index contributed by atoms with van der Waals surface area (Å²) in [5, 5.41) is 4.20.